The Morgan fingerprint density at radius 1 is 0.537 bits per heavy atom. The van der Waals surface area contributed by atoms with Gasteiger partial charge in [-0.2, -0.15) is 0 Å². The molecule has 0 unspecified atom stereocenters. The fourth-order valence-corrected chi connectivity index (χ4v) is 9.16. The molecule has 3 heteroatoms. The summed E-state index contributed by atoms with van der Waals surface area (Å²) in [6, 6.07) is 34.8. The van der Waals surface area contributed by atoms with Crippen molar-refractivity contribution in [3.05, 3.63) is 160 Å². The van der Waals surface area contributed by atoms with Gasteiger partial charge in [0.05, 0.1) is 11.2 Å². The van der Waals surface area contributed by atoms with Crippen molar-refractivity contribution in [2.45, 2.75) is 98.2 Å². The average Bonchev–Trinajstić information content (AvgIpc) is 3.61. The molecule has 54 heavy (non-hydrogen) atoms. The van der Waals surface area contributed by atoms with Crippen molar-refractivity contribution in [2.75, 3.05) is 0 Å². The maximum absolute atomic E-state index is 6.24. The van der Waals surface area contributed by atoms with Gasteiger partial charge in [0, 0.05) is 10.8 Å². The van der Waals surface area contributed by atoms with Crippen LogP contribution in [0.4, 0.5) is 0 Å². The summed E-state index contributed by atoms with van der Waals surface area (Å²) in [4.78, 5) is 0. The van der Waals surface area contributed by atoms with E-state index in [1.807, 2.05) is 6.08 Å². The molecule has 272 valence electrons. The highest BCUT2D eigenvalue weighted by atomic mass is 16.7. The first-order valence-corrected chi connectivity index (χ1v) is 19.5. The number of fused-ring (bicyclic) bond motifs is 6. The molecular weight excluding hydrogens is 655 g/mol. The lowest BCUT2D eigenvalue weighted by atomic mass is 9.78. The number of benzene rings is 5. The molecule has 0 saturated carbocycles. The molecule has 1 fully saturated rings. The van der Waals surface area contributed by atoms with Gasteiger partial charge in [0.15, 0.2) is 0 Å². The van der Waals surface area contributed by atoms with Crippen molar-refractivity contribution in [1.82, 2.24) is 0 Å². The largest absolute Gasteiger partial charge is 0.494 e. The lowest BCUT2D eigenvalue weighted by Gasteiger charge is -2.32. The normalized spacial score (nSPS) is 18.4. The third-order valence-electron chi connectivity index (χ3n) is 13.1. The van der Waals surface area contributed by atoms with E-state index < -0.39 is 18.3 Å². The summed E-state index contributed by atoms with van der Waals surface area (Å²) >= 11 is 0. The topological polar surface area (TPSA) is 18.5 Å². The first-order chi connectivity index (χ1) is 25.4. The van der Waals surface area contributed by atoms with Gasteiger partial charge in [-0.3, -0.25) is 0 Å². The molecule has 0 amide bonds. The predicted octanol–water partition coefficient (Wildman–Crippen LogP) is 13.4. The number of aryl methyl sites for hydroxylation is 2. The van der Waals surface area contributed by atoms with E-state index in [1.54, 1.807) is 0 Å². The van der Waals surface area contributed by atoms with E-state index in [4.69, 9.17) is 9.31 Å². The monoisotopic (exact) mass is 708 g/mol. The van der Waals surface area contributed by atoms with Gasteiger partial charge in [-0.1, -0.05) is 125 Å². The Morgan fingerprint density at radius 3 is 1.44 bits per heavy atom. The summed E-state index contributed by atoms with van der Waals surface area (Å²) in [5.74, 6) is 0. The lowest BCUT2D eigenvalue weighted by Crippen LogP contribution is -2.41. The first-order valence-electron chi connectivity index (χ1n) is 19.5. The van der Waals surface area contributed by atoms with E-state index in [-0.39, 0.29) is 10.8 Å². The summed E-state index contributed by atoms with van der Waals surface area (Å²) in [5.41, 5.74) is 20.8. The van der Waals surface area contributed by atoms with Gasteiger partial charge in [-0.25, -0.2) is 0 Å². The quantitative estimate of drug-likeness (QED) is 0.129. The Kier molecular flexibility index (Phi) is 8.34. The smallest absolute Gasteiger partial charge is 0.399 e. The van der Waals surface area contributed by atoms with Crippen LogP contribution in [0.3, 0.4) is 0 Å². The molecule has 1 heterocycles. The molecule has 1 saturated heterocycles. The lowest BCUT2D eigenvalue weighted by molar-refractivity contribution is 0.00578. The molecular formula is C51H53BO2. The van der Waals surface area contributed by atoms with Gasteiger partial charge in [0.25, 0.3) is 0 Å². The molecule has 0 aromatic heterocycles. The zero-order valence-corrected chi connectivity index (χ0v) is 34.0. The van der Waals surface area contributed by atoms with Crippen LogP contribution in [0.25, 0.3) is 50.1 Å². The number of rotatable bonds is 6. The summed E-state index contributed by atoms with van der Waals surface area (Å²) in [5, 5.41) is 0. The van der Waals surface area contributed by atoms with Crippen molar-refractivity contribution in [1.29, 1.82) is 0 Å². The van der Waals surface area contributed by atoms with Gasteiger partial charge in [-0.05, 0) is 161 Å². The van der Waals surface area contributed by atoms with Gasteiger partial charge in [0.1, 0.15) is 0 Å². The minimum absolute atomic E-state index is 0.0190. The van der Waals surface area contributed by atoms with Gasteiger partial charge >= 0.3 is 7.12 Å². The van der Waals surface area contributed by atoms with Crippen molar-refractivity contribution >= 4 is 12.7 Å². The third kappa shape index (κ3) is 5.54. The van der Waals surface area contributed by atoms with Crippen LogP contribution in [-0.4, -0.2) is 18.3 Å². The minimum atomic E-state index is -0.458. The van der Waals surface area contributed by atoms with Crippen LogP contribution in [0.2, 0.25) is 0 Å². The van der Waals surface area contributed by atoms with Crippen molar-refractivity contribution < 1.29 is 9.31 Å². The number of allylic oxidation sites excluding steroid dienone is 5. The Morgan fingerprint density at radius 2 is 0.963 bits per heavy atom. The highest BCUT2D eigenvalue weighted by Gasteiger charge is 2.51. The molecule has 0 bridgehead atoms. The predicted molar refractivity (Wildman–Crippen MR) is 230 cm³/mol. The molecule has 0 N–H and O–H groups in total. The average molecular weight is 709 g/mol. The van der Waals surface area contributed by atoms with E-state index in [0.29, 0.717) is 0 Å². The summed E-state index contributed by atoms with van der Waals surface area (Å²) < 4.78 is 12.5. The molecule has 8 rings (SSSR count). The van der Waals surface area contributed by atoms with Crippen LogP contribution in [0, 0.1) is 13.8 Å². The van der Waals surface area contributed by atoms with E-state index in [0.717, 1.165) is 11.0 Å². The molecule has 1 aliphatic heterocycles. The Hall–Kier alpha value is -4.70. The molecule has 2 aliphatic carbocycles. The summed E-state index contributed by atoms with van der Waals surface area (Å²) in [6.07, 6.45) is 6.36. The van der Waals surface area contributed by atoms with Gasteiger partial charge in [0.2, 0.25) is 0 Å². The van der Waals surface area contributed by atoms with Crippen LogP contribution >= 0.6 is 0 Å². The Balaban J connectivity index is 1.07. The fraction of sp³-hybridized carbons (Fsp3) is 0.294. The molecule has 5 aromatic carbocycles. The van der Waals surface area contributed by atoms with E-state index >= 15 is 0 Å². The fourth-order valence-electron chi connectivity index (χ4n) is 9.16. The summed E-state index contributed by atoms with van der Waals surface area (Å²) in [6.45, 7) is 28.6. The van der Waals surface area contributed by atoms with E-state index in [2.05, 4.69) is 186 Å². The molecule has 0 radical (unpaired) electrons. The number of hydrogen-bond acceptors (Lipinski definition) is 2. The van der Waals surface area contributed by atoms with Crippen LogP contribution in [0.15, 0.2) is 121 Å². The highest BCUT2D eigenvalue weighted by Crippen LogP contribution is 2.53. The second kappa shape index (κ2) is 12.4. The van der Waals surface area contributed by atoms with Crippen LogP contribution in [-0.2, 0) is 20.1 Å². The zero-order valence-electron chi connectivity index (χ0n) is 34.0. The third-order valence-corrected chi connectivity index (χ3v) is 13.1. The van der Waals surface area contributed by atoms with Gasteiger partial charge in [-0.15, -0.1) is 0 Å². The minimum Gasteiger partial charge on any atom is -0.399 e. The molecule has 3 aliphatic rings. The first kappa shape index (κ1) is 36.3. The molecule has 0 spiro atoms. The molecule has 2 nitrogen and oxygen atoms in total. The van der Waals surface area contributed by atoms with Gasteiger partial charge < -0.3 is 9.31 Å². The maximum Gasteiger partial charge on any atom is 0.494 e. The standard InChI is InChI=1S/C51H53BO2/c1-13-34(19-18-33(4)52-53-50(9,10)51(11,12)54-52)47-31(2)26-38(27-32(47)3)37-22-25-42-41-24-21-36(29-45(41)49(7,8)46(42)30-37)35-20-23-40-39-16-14-15-17-43(39)48(5,6)44(40)28-35/h13-30H,4H2,1-3,5-12H3/b19-18-,34-13+. The molecule has 0 atom stereocenters. The van der Waals surface area contributed by atoms with E-state index in [9.17, 15) is 0 Å². The van der Waals surface area contributed by atoms with Crippen LogP contribution in [0.1, 0.15) is 101 Å². The van der Waals surface area contributed by atoms with Crippen LogP contribution < -0.4 is 0 Å². The second-order valence-electron chi connectivity index (χ2n) is 17.8. The Bertz CT molecular complexity index is 2410. The Labute approximate surface area is 323 Å². The number of hydrogen-bond donors (Lipinski definition) is 0. The van der Waals surface area contributed by atoms with Crippen molar-refractivity contribution in [2.24, 2.45) is 0 Å². The van der Waals surface area contributed by atoms with Crippen molar-refractivity contribution in [3.63, 3.8) is 0 Å². The second-order valence-corrected chi connectivity index (χ2v) is 17.8. The zero-order chi connectivity index (χ0) is 38.5. The molecule has 5 aromatic rings. The van der Waals surface area contributed by atoms with Crippen LogP contribution in [0.5, 0.6) is 0 Å². The van der Waals surface area contributed by atoms with E-state index in [1.165, 1.54) is 83.5 Å². The summed E-state index contributed by atoms with van der Waals surface area (Å²) in [7, 11) is -0.458. The SMILES string of the molecule is C=C(/C=C\C(=C/C)c1c(C)cc(-c2ccc3c(c2)C(C)(C)c2cc(-c4ccc5c(c4)C(C)(C)c4ccccc4-5)ccc2-3)cc1C)B1OC(C)(C)C(C)(C)O1. The highest BCUT2D eigenvalue weighted by molar-refractivity contribution is 6.55. The maximum atomic E-state index is 6.24. The van der Waals surface area contributed by atoms with Crippen molar-refractivity contribution in [3.8, 4) is 44.5 Å².